The number of anilines is 1. The van der Waals surface area contributed by atoms with Crippen molar-refractivity contribution in [2.45, 2.75) is 0 Å². The zero-order chi connectivity index (χ0) is 8.97. The molecule has 0 amide bonds. The van der Waals surface area contributed by atoms with Crippen molar-refractivity contribution in [1.82, 2.24) is 9.97 Å². The lowest BCUT2D eigenvalue weighted by Gasteiger charge is -2.14. The van der Waals surface area contributed by atoms with E-state index in [9.17, 15) is 0 Å². The van der Waals surface area contributed by atoms with Crippen molar-refractivity contribution < 1.29 is 5.11 Å². The van der Waals surface area contributed by atoms with Crippen molar-refractivity contribution in [1.29, 1.82) is 0 Å². The smallest absolute Gasteiger partial charge is 0.225 e. The molecule has 0 radical (unpaired) electrons. The number of aliphatic hydroxyl groups excluding tert-OH is 1. The van der Waals surface area contributed by atoms with Crippen LogP contribution in [0.2, 0.25) is 5.02 Å². The lowest BCUT2D eigenvalue weighted by Crippen LogP contribution is -2.23. The third-order valence-electron chi connectivity index (χ3n) is 1.38. The molecule has 1 rings (SSSR count). The average Bonchev–Trinajstić information content (AvgIpc) is 2.06. The van der Waals surface area contributed by atoms with Gasteiger partial charge in [0.1, 0.15) is 0 Å². The number of hydrogen-bond acceptors (Lipinski definition) is 4. The predicted molar refractivity (Wildman–Crippen MR) is 47.4 cm³/mol. The Labute approximate surface area is 75.8 Å². The van der Waals surface area contributed by atoms with Crippen molar-refractivity contribution in [2.24, 2.45) is 0 Å². The Hall–Kier alpha value is -0.870. The Kier molecular flexibility index (Phi) is 3.25. The number of hydrogen-bond donors (Lipinski definition) is 1. The highest BCUT2D eigenvalue weighted by Crippen LogP contribution is 2.07. The summed E-state index contributed by atoms with van der Waals surface area (Å²) in [5, 5.41) is 9.14. The Morgan fingerprint density at radius 3 is 2.58 bits per heavy atom. The first-order valence-corrected chi connectivity index (χ1v) is 3.91. The molecule has 0 atom stereocenters. The van der Waals surface area contributed by atoms with Crippen molar-refractivity contribution in [3.8, 4) is 0 Å². The molecule has 0 aliphatic carbocycles. The normalized spacial score (nSPS) is 9.92. The van der Waals surface area contributed by atoms with Crippen LogP contribution >= 0.6 is 11.6 Å². The first kappa shape index (κ1) is 9.22. The second-order valence-electron chi connectivity index (χ2n) is 2.35. The zero-order valence-electron chi connectivity index (χ0n) is 6.74. The maximum atomic E-state index is 8.63. The lowest BCUT2D eigenvalue weighted by atomic mass is 10.6. The predicted octanol–water partition coefficient (Wildman–Crippen LogP) is 0.558. The summed E-state index contributed by atoms with van der Waals surface area (Å²) in [6.07, 6.45) is 3.05. The Morgan fingerprint density at radius 2 is 2.08 bits per heavy atom. The highest BCUT2D eigenvalue weighted by Gasteiger charge is 2.01. The summed E-state index contributed by atoms with van der Waals surface area (Å²) in [6.45, 7) is 0.601. The van der Waals surface area contributed by atoms with Crippen molar-refractivity contribution >= 4 is 17.5 Å². The average molecular weight is 188 g/mol. The molecule has 0 saturated heterocycles. The second kappa shape index (κ2) is 4.23. The number of halogens is 1. The second-order valence-corrected chi connectivity index (χ2v) is 2.78. The number of rotatable bonds is 3. The van der Waals surface area contributed by atoms with E-state index in [1.165, 1.54) is 12.4 Å². The summed E-state index contributed by atoms with van der Waals surface area (Å²) in [7, 11) is 1.81. The summed E-state index contributed by atoms with van der Waals surface area (Å²) >= 11 is 5.60. The van der Waals surface area contributed by atoms with Gasteiger partial charge in [0.15, 0.2) is 0 Å². The van der Waals surface area contributed by atoms with Crippen LogP contribution in [0.5, 0.6) is 0 Å². The fourth-order valence-electron chi connectivity index (χ4n) is 0.753. The van der Waals surface area contributed by atoms with Crippen LogP contribution < -0.4 is 4.90 Å². The number of nitrogens with zero attached hydrogens (tertiary/aromatic N) is 3. The largest absolute Gasteiger partial charge is 0.395 e. The molecule has 0 aliphatic heterocycles. The topological polar surface area (TPSA) is 49.2 Å². The first-order chi connectivity index (χ1) is 5.74. The molecular weight excluding hydrogens is 178 g/mol. The number of aliphatic hydroxyl groups is 1. The molecule has 1 aromatic heterocycles. The molecule has 0 fully saturated rings. The molecule has 4 nitrogen and oxygen atoms in total. The lowest BCUT2D eigenvalue weighted by molar-refractivity contribution is 0.303. The molecule has 0 aromatic carbocycles. The fourth-order valence-corrected chi connectivity index (χ4v) is 0.850. The first-order valence-electron chi connectivity index (χ1n) is 3.53. The van der Waals surface area contributed by atoms with Crippen LogP contribution in [0.25, 0.3) is 0 Å². The van der Waals surface area contributed by atoms with Gasteiger partial charge in [0.05, 0.1) is 24.0 Å². The van der Waals surface area contributed by atoms with Crippen LogP contribution in [0, 0.1) is 0 Å². The Balaban J connectivity index is 2.68. The van der Waals surface area contributed by atoms with Gasteiger partial charge in [-0.15, -0.1) is 0 Å². The van der Waals surface area contributed by atoms with Crippen molar-refractivity contribution in [2.75, 3.05) is 25.1 Å². The SMILES string of the molecule is CN(CCO)c1ncc(Cl)cn1. The molecule has 0 bridgehead atoms. The van der Waals surface area contributed by atoms with E-state index in [1.807, 2.05) is 0 Å². The van der Waals surface area contributed by atoms with E-state index in [4.69, 9.17) is 16.7 Å². The molecule has 1 aromatic rings. The van der Waals surface area contributed by atoms with E-state index in [0.717, 1.165) is 0 Å². The van der Waals surface area contributed by atoms with Gasteiger partial charge in [0.25, 0.3) is 0 Å². The van der Waals surface area contributed by atoms with Crippen molar-refractivity contribution in [3.05, 3.63) is 17.4 Å². The van der Waals surface area contributed by atoms with Gasteiger partial charge >= 0.3 is 0 Å². The van der Waals surface area contributed by atoms with E-state index in [2.05, 4.69) is 9.97 Å². The van der Waals surface area contributed by atoms with Gasteiger partial charge < -0.3 is 10.0 Å². The molecule has 0 unspecified atom stereocenters. The molecule has 1 N–H and O–H groups in total. The van der Waals surface area contributed by atoms with E-state index in [-0.39, 0.29) is 6.61 Å². The third-order valence-corrected chi connectivity index (χ3v) is 1.58. The zero-order valence-corrected chi connectivity index (χ0v) is 7.49. The van der Waals surface area contributed by atoms with Crippen LogP contribution in [0.3, 0.4) is 0 Å². The van der Waals surface area contributed by atoms with Crippen LogP contribution in [-0.2, 0) is 0 Å². The summed E-state index contributed by atoms with van der Waals surface area (Å²) in [4.78, 5) is 9.68. The van der Waals surface area contributed by atoms with Gasteiger partial charge in [-0.3, -0.25) is 0 Å². The van der Waals surface area contributed by atoms with E-state index in [1.54, 1.807) is 11.9 Å². The van der Waals surface area contributed by atoms with E-state index >= 15 is 0 Å². The minimum absolute atomic E-state index is 0.0858. The Bertz CT molecular complexity index is 239. The molecule has 5 heteroatoms. The summed E-state index contributed by atoms with van der Waals surface area (Å²) in [6, 6.07) is 0. The fraction of sp³-hybridized carbons (Fsp3) is 0.429. The maximum absolute atomic E-state index is 8.63. The van der Waals surface area contributed by atoms with Crippen LogP contribution in [0.15, 0.2) is 12.4 Å². The number of likely N-dealkylation sites (N-methyl/N-ethyl adjacent to an activating group) is 1. The van der Waals surface area contributed by atoms with E-state index in [0.29, 0.717) is 17.5 Å². The quantitative estimate of drug-likeness (QED) is 0.751. The maximum Gasteiger partial charge on any atom is 0.225 e. The molecule has 0 saturated carbocycles. The van der Waals surface area contributed by atoms with Gasteiger partial charge in [-0.05, 0) is 0 Å². The summed E-state index contributed by atoms with van der Waals surface area (Å²) in [5.74, 6) is 0.563. The third kappa shape index (κ3) is 2.32. The van der Waals surface area contributed by atoms with Gasteiger partial charge in [-0.25, -0.2) is 9.97 Å². The minimum Gasteiger partial charge on any atom is -0.395 e. The summed E-state index contributed by atoms with van der Waals surface area (Å²) < 4.78 is 0. The molecule has 0 aliphatic rings. The van der Waals surface area contributed by atoms with Crippen LogP contribution in [0.4, 0.5) is 5.95 Å². The highest BCUT2D eigenvalue weighted by atomic mass is 35.5. The molecular formula is C7H10ClN3O. The highest BCUT2D eigenvalue weighted by molar-refractivity contribution is 6.30. The molecule has 12 heavy (non-hydrogen) atoms. The van der Waals surface area contributed by atoms with Crippen molar-refractivity contribution in [3.63, 3.8) is 0 Å². The molecule has 0 spiro atoms. The van der Waals surface area contributed by atoms with Gasteiger partial charge in [-0.1, -0.05) is 11.6 Å². The van der Waals surface area contributed by atoms with Gasteiger partial charge in [0.2, 0.25) is 5.95 Å². The summed E-state index contributed by atoms with van der Waals surface area (Å²) in [5.41, 5.74) is 0. The monoisotopic (exact) mass is 187 g/mol. The van der Waals surface area contributed by atoms with Crippen LogP contribution in [0.1, 0.15) is 0 Å². The van der Waals surface area contributed by atoms with E-state index < -0.39 is 0 Å². The van der Waals surface area contributed by atoms with Crippen LogP contribution in [-0.4, -0.2) is 35.3 Å². The number of aromatic nitrogens is 2. The minimum atomic E-state index is 0.0858. The standard InChI is InChI=1S/C7H10ClN3O/c1-11(2-3-12)7-9-4-6(8)5-10-7/h4-5,12H,2-3H2,1H3. The van der Waals surface area contributed by atoms with Gasteiger partial charge in [-0.2, -0.15) is 0 Å². The molecule has 1 heterocycles. The molecule has 66 valence electrons. The van der Waals surface area contributed by atoms with Gasteiger partial charge in [0, 0.05) is 13.6 Å². The Morgan fingerprint density at radius 1 is 1.50 bits per heavy atom.